The normalized spacial score (nSPS) is 11.3. The highest BCUT2D eigenvalue weighted by Crippen LogP contribution is 2.35. The number of carbonyl (C=O) groups excluding carboxylic acids is 1. The zero-order valence-electron chi connectivity index (χ0n) is 12.4. The Balaban J connectivity index is 1.98. The van der Waals surface area contributed by atoms with Gasteiger partial charge in [0.05, 0.1) is 6.20 Å². The summed E-state index contributed by atoms with van der Waals surface area (Å²) in [6.07, 6.45) is -2.73. The van der Waals surface area contributed by atoms with Crippen molar-refractivity contribution in [2.45, 2.75) is 26.1 Å². The second kappa shape index (κ2) is 7.45. The van der Waals surface area contributed by atoms with E-state index in [2.05, 4.69) is 15.6 Å². The molecule has 0 bridgehead atoms. The van der Waals surface area contributed by atoms with Crippen LogP contribution in [0.25, 0.3) is 0 Å². The Labute approximate surface area is 135 Å². The van der Waals surface area contributed by atoms with E-state index in [0.717, 1.165) is 18.2 Å². The van der Waals surface area contributed by atoms with E-state index in [1.54, 1.807) is 24.3 Å². The molecule has 0 unspecified atom stereocenters. The van der Waals surface area contributed by atoms with Gasteiger partial charge in [-0.05, 0) is 24.1 Å². The number of halogens is 3. The van der Waals surface area contributed by atoms with Crippen LogP contribution in [0.5, 0.6) is 0 Å². The lowest BCUT2D eigenvalue weighted by molar-refractivity contribution is -0.134. The van der Waals surface area contributed by atoms with Crippen molar-refractivity contribution >= 4 is 22.4 Å². The van der Waals surface area contributed by atoms with Crippen molar-refractivity contribution < 1.29 is 18.0 Å². The summed E-state index contributed by atoms with van der Waals surface area (Å²) >= 11 is 0.554. The highest BCUT2D eigenvalue weighted by atomic mass is 32.1. The van der Waals surface area contributed by atoms with Crippen LogP contribution in [0, 0.1) is 0 Å². The monoisotopic (exact) mass is 343 g/mol. The van der Waals surface area contributed by atoms with Crippen LogP contribution in [-0.2, 0) is 12.7 Å². The standard InChI is InChI=1S/C15H16F3N3OS/c1-2-6-19-13(22)11-5-3-4-10(7-11)8-20-14-21-9-12(23-14)15(16,17)18/h3-5,7,9H,2,6,8H2,1H3,(H,19,22)(H,20,21). The molecule has 0 spiro atoms. The average molecular weight is 343 g/mol. The van der Waals surface area contributed by atoms with Crippen molar-refractivity contribution in [3.8, 4) is 0 Å². The van der Waals surface area contributed by atoms with E-state index in [4.69, 9.17) is 0 Å². The lowest BCUT2D eigenvalue weighted by Crippen LogP contribution is -2.24. The summed E-state index contributed by atoms with van der Waals surface area (Å²) in [5.74, 6) is -0.165. The van der Waals surface area contributed by atoms with Crippen molar-refractivity contribution in [3.05, 3.63) is 46.5 Å². The average Bonchev–Trinajstić information content (AvgIpc) is 3.00. The molecule has 4 nitrogen and oxygen atoms in total. The molecule has 1 heterocycles. The first-order chi connectivity index (χ1) is 10.9. The van der Waals surface area contributed by atoms with E-state index in [1.807, 2.05) is 6.92 Å². The third-order valence-corrected chi connectivity index (χ3v) is 3.95. The van der Waals surface area contributed by atoms with Crippen LogP contribution in [0.3, 0.4) is 0 Å². The molecular formula is C15H16F3N3OS. The quantitative estimate of drug-likeness (QED) is 0.836. The summed E-state index contributed by atoms with van der Waals surface area (Å²) in [4.78, 5) is 14.8. The summed E-state index contributed by atoms with van der Waals surface area (Å²) in [7, 11) is 0. The molecule has 2 aromatic rings. The Morgan fingerprint density at radius 2 is 2.13 bits per heavy atom. The van der Waals surface area contributed by atoms with Crippen LogP contribution in [0.2, 0.25) is 0 Å². The van der Waals surface area contributed by atoms with Crippen LogP contribution >= 0.6 is 11.3 Å². The number of carbonyl (C=O) groups is 1. The Morgan fingerprint density at radius 1 is 1.35 bits per heavy atom. The molecule has 2 rings (SSSR count). The molecule has 8 heteroatoms. The smallest absolute Gasteiger partial charge is 0.357 e. The zero-order chi connectivity index (χ0) is 16.9. The number of thiazole rings is 1. The van der Waals surface area contributed by atoms with Crippen LogP contribution in [-0.4, -0.2) is 17.4 Å². The minimum absolute atomic E-state index is 0.165. The third-order valence-electron chi connectivity index (χ3n) is 2.95. The van der Waals surface area contributed by atoms with Crippen molar-refractivity contribution in [1.82, 2.24) is 10.3 Å². The maximum absolute atomic E-state index is 12.5. The van der Waals surface area contributed by atoms with Crippen molar-refractivity contribution in [1.29, 1.82) is 0 Å². The van der Waals surface area contributed by atoms with Crippen molar-refractivity contribution in [2.24, 2.45) is 0 Å². The summed E-state index contributed by atoms with van der Waals surface area (Å²) in [6.45, 7) is 2.85. The number of nitrogens with zero attached hydrogens (tertiary/aromatic N) is 1. The molecular weight excluding hydrogens is 327 g/mol. The van der Waals surface area contributed by atoms with E-state index in [0.29, 0.717) is 30.0 Å². The fourth-order valence-corrected chi connectivity index (χ4v) is 2.51. The topological polar surface area (TPSA) is 54.0 Å². The predicted octanol–water partition coefficient (Wildman–Crippen LogP) is 3.91. The van der Waals surface area contributed by atoms with Gasteiger partial charge in [-0.2, -0.15) is 13.2 Å². The van der Waals surface area contributed by atoms with E-state index >= 15 is 0 Å². The largest absolute Gasteiger partial charge is 0.427 e. The number of amides is 1. The summed E-state index contributed by atoms with van der Waals surface area (Å²) in [5.41, 5.74) is 1.31. The Morgan fingerprint density at radius 3 is 2.78 bits per heavy atom. The molecule has 1 aromatic heterocycles. The molecule has 23 heavy (non-hydrogen) atoms. The van der Waals surface area contributed by atoms with Crippen LogP contribution in [0.15, 0.2) is 30.5 Å². The Kier molecular flexibility index (Phi) is 5.59. The summed E-state index contributed by atoms with van der Waals surface area (Å²) in [5, 5.41) is 5.81. The zero-order valence-corrected chi connectivity index (χ0v) is 13.2. The van der Waals surface area contributed by atoms with Crippen LogP contribution in [0.1, 0.15) is 34.1 Å². The van der Waals surface area contributed by atoms with Gasteiger partial charge in [0.15, 0.2) is 5.13 Å². The first-order valence-corrected chi connectivity index (χ1v) is 7.86. The van der Waals surface area contributed by atoms with Crippen molar-refractivity contribution in [3.63, 3.8) is 0 Å². The number of anilines is 1. The van der Waals surface area contributed by atoms with Gasteiger partial charge in [-0.25, -0.2) is 4.98 Å². The van der Waals surface area contributed by atoms with E-state index in [1.165, 1.54) is 0 Å². The van der Waals surface area contributed by atoms with Crippen LogP contribution in [0.4, 0.5) is 18.3 Å². The first-order valence-electron chi connectivity index (χ1n) is 7.04. The maximum Gasteiger partial charge on any atom is 0.427 e. The second-order valence-corrected chi connectivity index (χ2v) is 5.87. The number of alkyl halides is 3. The second-order valence-electron chi connectivity index (χ2n) is 4.84. The van der Waals surface area contributed by atoms with Gasteiger partial charge in [-0.15, -0.1) is 0 Å². The van der Waals surface area contributed by atoms with Gasteiger partial charge in [0.25, 0.3) is 5.91 Å². The first kappa shape index (κ1) is 17.3. The van der Waals surface area contributed by atoms with Gasteiger partial charge in [0.1, 0.15) is 4.88 Å². The SMILES string of the molecule is CCCNC(=O)c1cccc(CNc2ncc(C(F)(F)F)s2)c1. The van der Waals surface area contributed by atoms with E-state index < -0.39 is 11.1 Å². The summed E-state index contributed by atoms with van der Waals surface area (Å²) < 4.78 is 37.5. The molecule has 1 aromatic carbocycles. The number of rotatable bonds is 6. The number of aromatic nitrogens is 1. The van der Waals surface area contributed by atoms with Crippen molar-refractivity contribution in [2.75, 3.05) is 11.9 Å². The lowest BCUT2D eigenvalue weighted by atomic mass is 10.1. The molecule has 0 saturated carbocycles. The van der Waals surface area contributed by atoms with Gasteiger partial charge >= 0.3 is 6.18 Å². The lowest BCUT2D eigenvalue weighted by Gasteiger charge is -2.07. The maximum atomic E-state index is 12.5. The molecule has 0 atom stereocenters. The van der Waals surface area contributed by atoms with Gasteiger partial charge in [-0.3, -0.25) is 4.79 Å². The number of hydrogen-bond donors (Lipinski definition) is 2. The molecule has 0 aliphatic rings. The van der Waals surface area contributed by atoms with Crippen LogP contribution < -0.4 is 10.6 Å². The molecule has 0 aliphatic heterocycles. The molecule has 2 N–H and O–H groups in total. The molecule has 124 valence electrons. The van der Waals surface area contributed by atoms with Gasteiger partial charge in [0, 0.05) is 18.7 Å². The number of nitrogens with one attached hydrogen (secondary N) is 2. The fraction of sp³-hybridized carbons (Fsp3) is 0.333. The van der Waals surface area contributed by atoms with Gasteiger partial charge < -0.3 is 10.6 Å². The highest BCUT2D eigenvalue weighted by Gasteiger charge is 2.33. The Hall–Kier alpha value is -2.09. The third kappa shape index (κ3) is 4.95. The minimum atomic E-state index is -4.38. The molecule has 0 fully saturated rings. The molecule has 1 amide bonds. The van der Waals surface area contributed by atoms with Gasteiger partial charge in [-0.1, -0.05) is 30.4 Å². The highest BCUT2D eigenvalue weighted by molar-refractivity contribution is 7.15. The van der Waals surface area contributed by atoms with E-state index in [-0.39, 0.29) is 11.0 Å². The number of benzene rings is 1. The Bertz CT molecular complexity index is 670. The number of hydrogen-bond acceptors (Lipinski definition) is 4. The molecule has 0 saturated heterocycles. The predicted molar refractivity (Wildman–Crippen MR) is 83.5 cm³/mol. The molecule has 0 radical (unpaired) electrons. The van der Waals surface area contributed by atoms with E-state index in [9.17, 15) is 18.0 Å². The minimum Gasteiger partial charge on any atom is -0.357 e. The fourth-order valence-electron chi connectivity index (χ4n) is 1.83. The summed E-state index contributed by atoms with van der Waals surface area (Å²) in [6, 6.07) is 6.93. The van der Waals surface area contributed by atoms with Gasteiger partial charge in [0.2, 0.25) is 0 Å². The molecule has 0 aliphatic carbocycles.